The lowest BCUT2D eigenvalue weighted by Gasteiger charge is -2.30. The second-order valence-electron chi connectivity index (χ2n) is 9.03. The molecule has 0 saturated carbocycles. The predicted octanol–water partition coefficient (Wildman–Crippen LogP) is 2.03. The molecule has 2 aliphatic heterocycles. The summed E-state index contributed by atoms with van der Waals surface area (Å²) in [5.74, 6) is -0.446. The third-order valence-corrected chi connectivity index (χ3v) is 6.67. The van der Waals surface area contributed by atoms with E-state index in [9.17, 15) is 19.2 Å². The first kappa shape index (κ1) is 22.6. The largest absolute Gasteiger partial charge is 0.365 e. The minimum Gasteiger partial charge on any atom is -0.365 e. The van der Waals surface area contributed by atoms with E-state index < -0.39 is 11.9 Å². The molecule has 3 aliphatic rings. The number of imide groups is 2. The van der Waals surface area contributed by atoms with Crippen LogP contribution < -0.4 is 16.0 Å². The first-order valence-electron chi connectivity index (χ1n) is 11.6. The number of carbonyl (C=O) groups is 4. The van der Waals surface area contributed by atoms with E-state index in [1.165, 1.54) is 0 Å². The van der Waals surface area contributed by atoms with E-state index in [0.29, 0.717) is 31.5 Å². The topological polar surface area (TPSA) is 125 Å². The number of aryl methyl sites for hydroxylation is 1. The van der Waals surface area contributed by atoms with E-state index in [1.54, 1.807) is 24.4 Å². The molecule has 10 nitrogen and oxygen atoms in total. The Labute approximate surface area is 202 Å². The molecule has 0 spiro atoms. The average molecular weight is 475 g/mol. The zero-order valence-electron chi connectivity index (χ0n) is 19.2. The summed E-state index contributed by atoms with van der Waals surface area (Å²) in [6, 6.07) is 6.30. The van der Waals surface area contributed by atoms with Crippen molar-refractivity contribution in [2.75, 3.05) is 11.9 Å². The highest BCUT2D eigenvalue weighted by atomic mass is 16.2. The van der Waals surface area contributed by atoms with Gasteiger partial charge in [0.1, 0.15) is 11.9 Å². The standard InChI is InChI=1S/C25H26N6O4/c1-15-26-9-10-31(15)20-4-2-3-19(12-20)27-25(35)29-23(33)16-5-6-17-13-30(14-18(17)11-16)21-7-8-22(32)28-24(21)34/h2-6,9-10,12-13,16,18,21H,7-8,11,14H2,1H3,(H,28,32,34)(H2,27,29,33,35). The summed E-state index contributed by atoms with van der Waals surface area (Å²) in [6.45, 7) is 2.49. The fourth-order valence-corrected chi connectivity index (χ4v) is 4.87. The highest BCUT2D eigenvalue weighted by Gasteiger charge is 2.37. The Bertz CT molecular complexity index is 1260. The number of nitrogens with one attached hydrogen (secondary N) is 3. The molecule has 0 bridgehead atoms. The molecule has 3 heterocycles. The maximum Gasteiger partial charge on any atom is 0.325 e. The molecule has 180 valence electrons. The summed E-state index contributed by atoms with van der Waals surface area (Å²) in [5, 5.41) is 7.54. The Hall–Kier alpha value is -4.21. The number of carbonyl (C=O) groups excluding carboxylic acids is 4. The minimum atomic E-state index is -0.596. The molecule has 3 N–H and O–H groups in total. The van der Waals surface area contributed by atoms with Gasteiger partial charge in [0.05, 0.1) is 5.92 Å². The van der Waals surface area contributed by atoms with Gasteiger partial charge in [0, 0.05) is 48.9 Å². The van der Waals surface area contributed by atoms with Crippen LogP contribution in [0.15, 0.2) is 60.6 Å². The van der Waals surface area contributed by atoms with Gasteiger partial charge in [-0.2, -0.15) is 0 Å². The van der Waals surface area contributed by atoms with Crippen LogP contribution >= 0.6 is 0 Å². The quantitative estimate of drug-likeness (QED) is 0.583. The number of amides is 5. The van der Waals surface area contributed by atoms with Crippen LogP contribution in [0.1, 0.15) is 25.1 Å². The summed E-state index contributed by atoms with van der Waals surface area (Å²) < 4.78 is 1.89. The zero-order chi connectivity index (χ0) is 24.5. The molecule has 3 atom stereocenters. The molecule has 1 aliphatic carbocycles. The van der Waals surface area contributed by atoms with Crippen LogP contribution in [0.4, 0.5) is 10.5 Å². The first-order valence-corrected chi connectivity index (χ1v) is 11.6. The maximum atomic E-state index is 12.8. The van der Waals surface area contributed by atoms with Crippen molar-refractivity contribution in [2.45, 2.75) is 32.2 Å². The molecule has 0 radical (unpaired) electrons. The lowest BCUT2D eigenvalue weighted by molar-refractivity contribution is -0.136. The van der Waals surface area contributed by atoms with Crippen molar-refractivity contribution < 1.29 is 19.2 Å². The van der Waals surface area contributed by atoms with Crippen molar-refractivity contribution in [1.29, 1.82) is 0 Å². The van der Waals surface area contributed by atoms with Gasteiger partial charge in [-0.05, 0) is 43.5 Å². The van der Waals surface area contributed by atoms with Crippen molar-refractivity contribution in [3.63, 3.8) is 0 Å². The minimum absolute atomic E-state index is 0.0827. The molecule has 5 amide bonds. The smallest absolute Gasteiger partial charge is 0.325 e. The fraction of sp³-hybridized carbons (Fsp3) is 0.320. The number of imidazole rings is 1. The van der Waals surface area contributed by atoms with Gasteiger partial charge < -0.3 is 14.8 Å². The van der Waals surface area contributed by atoms with Gasteiger partial charge in [0.15, 0.2) is 0 Å². The van der Waals surface area contributed by atoms with Crippen molar-refractivity contribution in [1.82, 2.24) is 25.1 Å². The Morgan fingerprint density at radius 1 is 1.23 bits per heavy atom. The number of nitrogens with zero attached hydrogens (tertiary/aromatic N) is 3. The van der Waals surface area contributed by atoms with Gasteiger partial charge in [-0.1, -0.05) is 18.2 Å². The number of rotatable bonds is 4. The normalized spacial score (nSPS) is 23.4. The van der Waals surface area contributed by atoms with Crippen LogP contribution in [0.2, 0.25) is 0 Å². The van der Waals surface area contributed by atoms with Crippen LogP contribution in [-0.4, -0.2) is 50.8 Å². The molecular formula is C25H26N6O4. The molecule has 5 rings (SSSR count). The number of fused-ring (bicyclic) bond motifs is 1. The van der Waals surface area contributed by atoms with Gasteiger partial charge in [-0.15, -0.1) is 0 Å². The van der Waals surface area contributed by atoms with E-state index in [2.05, 4.69) is 20.9 Å². The number of hydrogen-bond acceptors (Lipinski definition) is 6. The Morgan fingerprint density at radius 3 is 2.86 bits per heavy atom. The predicted molar refractivity (Wildman–Crippen MR) is 127 cm³/mol. The fourth-order valence-electron chi connectivity index (χ4n) is 4.87. The number of allylic oxidation sites excluding steroid dienone is 1. The van der Waals surface area contributed by atoms with Crippen molar-refractivity contribution >= 4 is 29.4 Å². The molecule has 2 aromatic rings. The number of benzene rings is 1. The van der Waals surface area contributed by atoms with E-state index >= 15 is 0 Å². The van der Waals surface area contributed by atoms with Crippen molar-refractivity contribution in [3.05, 3.63) is 66.4 Å². The molecule has 1 fully saturated rings. The lowest BCUT2D eigenvalue weighted by atomic mass is 9.84. The van der Waals surface area contributed by atoms with Crippen LogP contribution in [0.3, 0.4) is 0 Å². The number of anilines is 1. The van der Waals surface area contributed by atoms with Gasteiger partial charge in [-0.25, -0.2) is 9.78 Å². The van der Waals surface area contributed by atoms with Crippen molar-refractivity contribution in [2.24, 2.45) is 11.8 Å². The van der Waals surface area contributed by atoms with Crippen LogP contribution in [0.25, 0.3) is 5.69 Å². The third-order valence-electron chi connectivity index (χ3n) is 6.67. The third kappa shape index (κ3) is 4.72. The summed E-state index contributed by atoms with van der Waals surface area (Å²) in [6.07, 6.45) is 10.5. The molecule has 1 saturated heterocycles. The Kier molecular flexibility index (Phi) is 5.94. The van der Waals surface area contributed by atoms with Crippen LogP contribution in [0, 0.1) is 18.8 Å². The zero-order valence-corrected chi connectivity index (χ0v) is 19.2. The number of urea groups is 1. The van der Waals surface area contributed by atoms with Gasteiger partial charge in [0.25, 0.3) is 0 Å². The van der Waals surface area contributed by atoms with Crippen LogP contribution in [-0.2, 0) is 14.4 Å². The molecule has 3 unspecified atom stereocenters. The van der Waals surface area contributed by atoms with E-state index in [4.69, 9.17) is 0 Å². The number of aromatic nitrogens is 2. The SMILES string of the molecule is Cc1nccn1-c1cccc(NC(=O)NC(=O)C2C=CC3=CN(C4CCC(=O)NC4=O)CC3C2)c1. The summed E-state index contributed by atoms with van der Waals surface area (Å²) >= 11 is 0. The van der Waals surface area contributed by atoms with E-state index in [1.807, 2.05) is 47.0 Å². The Balaban J connectivity index is 1.16. The summed E-state index contributed by atoms with van der Waals surface area (Å²) in [7, 11) is 0. The number of piperidine rings is 1. The Morgan fingerprint density at radius 2 is 2.09 bits per heavy atom. The molecular weight excluding hydrogens is 448 g/mol. The van der Waals surface area contributed by atoms with Crippen molar-refractivity contribution in [3.8, 4) is 5.69 Å². The lowest BCUT2D eigenvalue weighted by Crippen LogP contribution is -2.50. The molecule has 10 heteroatoms. The molecule has 35 heavy (non-hydrogen) atoms. The molecule has 1 aromatic carbocycles. The van der Waals surface area contributed by atoms with E-state index in [0.717, 1.165) is 17.1 Å². The first-order chi connectivity index (χ1) is 16.9. The average Bonchev–Trinajstić information content (AvgIpc) is 3.44. The highest BCUT2D eigenvalue weighted by Crippen LogP contribution is 2.35. The van der Waals surface area contributed by atoms with Gasteiger partial charge in [0.2, 0.25) is 17.7 Å². The van der Waals surface area contributed by atoms with Crippen LogP contribution in [0.5, 0.6) is 0 Å². The second-order valence-corrected chi connectivity index (χ2v) is 9.03. The van der Waals surface area contributed by atoms with E-state index in [-0.39, 0.29) is 29.7 Å². The summed E-state index contributed by atoms with van der Waals surface area (Å²) in [4.78, 5) is 55.1. The van der Waals surface area contributed by atoms with Gasteiger partial charge in [-0.3, -0.25) is 25.0 Å². The second kappa shape index (κ2) is 9.21. The molecule has 1 aromatic heterocycles. The highest BCUT2D eigenvalue weighted by molar-refractivity contribution is 6.02. The maximum absolute atomic E-state index is 12.8. The number of hydrogen-bond donors (Lipinski definition) is 3. The summed E-state index contributed by atoms with van der Waals surface area (Å²) in [5.41, 5.74) is 2.45. The van der Waals surface area contributed by atoms with Gasteiger partial charge >= 0.3 is 6.03 Å². The monoisotopic (exact) mass is 474 g/mol.